The van der Waals surface area contributed by atoms with E-state index in [0.29, 0.717) is 0 Å². The Morgan fingerprint density at radius 1 is 0.471 bits per heavy atom. The number of hydrogen-bond acceptors (Lipinski definition) is 4. The number of rotatable bonds is 2. The van der Waals surface area contributed by atoms with Crippen LogP contribution in [0.15, 0.2) is 36.4 Å². The van der Waals surface area contributed by atoms with Crippen LogP contribution in [0.4, 0.5) is 26.3 Å². The van der Waals surface area contributed by atoms with Gasteiger partial charge in [0, 0.05) is 11.1 Å². The molecule has 0 saturated carbocycles. The van der Waals surface area contributed by atoms with Gasteiger partial charge in [0.25, 0.3) is 0 Å². The highest BCUT2D eigenvalue weighted by Crippen LogP contribution is 2.43. The summed E-state index contributed by atoms with van der Waals surface area (Å²) >= 11 is 34.2. The van der Waals surface area contributed by atoms with E-state index in [-0.39, 0.29) is 34.8 Å². The van der Waals surface area contributed by atoms with Crippen LogP contribution in [-0.2, 0) is 19.9 Å². The van der Waals surface area contributed by atoms with Crippen LogP contribution in [0.25, 0.3) is 0 Å². The highest BCUT2D eigenvalue weighted by Gasteiger charge is 2.38. The second-order valence-corrected chi connectivity index (χ2v) is 11.0. The third-order valence-corrected chi connectivity index (χ3v) is 5.13. The Morgan fingerprint density at radius 2 is 0.706 bits per heavy atom. The van der Waals surface area contributed by atoms with Crippen LogP contribution >= 0.6 is 69.6 Å². The summed E-state index contributed by atoms with van der Waals surface area (Å²) < 4.78 is 70.1. The predicted octanol–water partition coefficient (Wildman–Crippen LogP) is 4.42. The van der Waals surface area contributed by atoms with Gasteiger partial charge < -0.3 is 20.1 Å². The minimum atomic E-state index is -5.00. The zero-order chi connectivity index (χ0) is 26.9. The topological polar surface area (TPSA) is 80.9 Å². The first-order chi connectivity index (χ1) is 15.0. The Morgan fingerprint density at radius 3 is 0.912 bits per heavy atom. The normalized spacial score (nSPS) is 12.7. The largest absolute Gasteiger partial charge is 0.488 e. The molecule has 0 spiro atoms. The lowest BCUT2D eigenvalue weighted by Gasteiger charge is -2.18. The van der Waals surface area contributed by atoms with Crippen molar-refractivity contribution in [3.05, 3.63) is 58.7 Å². The third-order valence-electron chi connectivity index (χ3n) is 3.82. The fourth-order valence-electron chi connectivity index (χ4n) is 2.26. The molecule has 0 fully saturated rings. The summed E-state index contributed by atoms with van der Waals surface area (Å²) in [6.07, 6.45) is -9.99. The number of benzene rings is 2. The average molecular weight is 615 g/mol. The van der Waals surface area contributed by atoms with Gasteiger partial charge in [0.05, 0.1) is 11.1 Å². The molecular weight excluding hydrogens is 605 g/mol. The van der Waals surface area contributed by atoms with Crippen molar-refractivity contribution < 1.29 is 46.4 Å². The molecule has 188 valence electrons. The van der Waals surface area contributed by atoms with Crippen molar-refractivity contribution in [1.29, 1.82) is 0 Å². The summed E-state index contributed by atoms with van der Waals surface area (Å²) in [5.41, 5.74) is -3.63. The van der Waals surface area contributed by atoms with Gasteiger partial charge in [-0.3, -0.25) is 0 Å². The average Bonchev–Trinajstić information content (AvgIpc) is 2.65. The van der Waals surface area contributed by atoms with Crippen molar-refractivity contribution in [1.82, 2.24) is 0 Å². The molecule has 0 unspecified atom stereocenters. The molecule has 18 heteroatoms. The molecule has 0 aliphatic carbocycles. The van der Waals surface area contributed by atoms with Gasteiger partial charge in [0.15, 0.2) is 0 Å². The molecule has 4 nitrogen and oxygen atoms in total. The molecule has 2 aromatic rings. The van der Waals surface area contributed by atoms with Crippen LogP contribution in [0.5, 0.6) is 0 Å². The van der Waals surface area contributed by atoms with Crippen LogP contribution in [-0.4, -0.2) is 34.3 Å². The number of halogens is 12. The van der Waals surface area contributed by atoms with Gasteiger partial charge in [0.2, 0.25) is 7.59 Å². The van der Waals surface area contributed by atoms with Crippen LogP contribution in [0.2, 0.25) is 0 Å². The van der Waals surface area contributed by atoms with E-state index >= 15 is 0 Å². The lowest BCUT2D eigenvalue weighted by atomic mass is 9.78. The van der Waals surface area contributed by atoms with Crippen molar-refractivity contribution in [3.8, 4) is 0 Å². The molecule has 2 aromatic carbocycles. The second-order valence-electron chi connectivity index (χ2n) is 6.43. The van der Waals surface area contributed by atoms with Gasteiger partial charge in [-0.15, -0.1) is 0 Å². The van der Waals surface area contributed by atoms with E-state index in [9.17, 15) is 26.3 Å². The van der Waals surface area contributed by atoms with Crippen LogP contribution < -0.4 is 10.9 Å². The van der Waals surface area contributed by atoms with E-state index in [1.54, 1.807) is 0 Å². The molecule has 0 aromatic heterocycles. The molecule has 0 bridgehead atoms. The first-order valence-corrected chi connectivity index (χ1v) is 10.6. The van der Waals surface area contributed by atoms with Gasteiger partial charge in [0.1, 0.15) is 0 Å². The SMILES string of the molecule is OB(O)c1cc(C(Cl)(Cl)Cl)cc(C(Cl)(Cl)Cl)c1.OB(O)c1cc(C(F)(F)F)cc(C(F)(F)F)c1. The minimum Gasteiger partial charge on any atom is -0.423 e. The fraction of sp³-hybridized carbons (Fsp3) is 0.250. The Hall–Kier alpha value is -0.270. The maximum absolute atomic E-state index is 12.3. The molecule has 34 heavy (non-hydrogen) atoms. The lowest BCUT2D eigenvalue weighted by molar-refractivity contribution is -0.142. The molecule has 0 aliphatic heterocycles. The summed E-state index contributed by atoms with van der Waals surface area (Å²) in [6, 6.07) is 4.38. The van der Waals surface area contributed by atoms with Gasteiger partial charge >= 0.3 is 26.6 Å². The Labute approximate surface area is 219 Å². The molecule has 0 amide bonds. The van der Waals surface area contributed by atoms with Crippen LogP contribution in [0.1, 0.15) is 22.3 Å². The van der Waals surface area contributed by atoms with E-state index in [4.69, 9.17) is 89.7 Å². The van der Waals surface area contributed by atoms with Gasteiger partial charge in [-0.2, -0.15) is 26.3 Å². The van der Waals surface area contributed by atoms with E-state index in [1.807, 2.05) is 0 Å². The second kappa shape index (κ2) is 11.4. The highest BCUT2D eigenvalue weighted by molar-refractivity contribution is 6.68. The molecule has 0 saturated heterocycles. The Balaban J connectivity index is 0.000000340. The predicted molar refractivity (Wildman–Crippen MR) is 121 cm³/mol. The first-order valence-electron chi connectivity index (χ1n) is 8.34. The Bertz CT molecular complexity index is 850. The number of alkyl halides is 12. The molecular formula is C16H10B2Cl6F6O4. The van der Waals surface area contributed by atoms with Crippen LogP contribution in [0, 0.1) is 0 Å². The molecule has 0 heterocycles. The van der Waals surface area contributed by atoms with Gasteiger partial charge in [-0.1, -0.05) is 93.9 Å². The molecule has 2 rings (SSSR count). The summed E-state index contributed by atoms with van der Waals surface area (Å²) in [4.78, 5) is 0. The zero-order valence-corrected chi connectivity index (χ0v) is 20.5. The third kappa shape index (κ3) is 9.65. The smallest absolute Gasteiger partial charge is 0.423 e. The summed E-state index contributed by atoms with van der Waals surface area (Å²) in [5, 5.41) is 35.5. The number of hydrogen-bond donors (Lipinski definition) is 4. The van der Waals surface area contributed by atoms with Crippen molar-refractivity contribution >= 4 is 94.8 Å². The lowest BCUT2D eigenvalue weighted by Crippen LogP contribution is -2.32. The molecule has 0 aliphatic rings. The van der Waals surface area contributed by atoms with Crippen molar-refractivity contribution in [2.45, 2.75) is 19.9 Å². The van der Waals surface area contributed by atoms with Gasteiger partial charge in [-0.05, 0) is 23.1 Å². The summed E-state index contributed by atoms with van der Waals surface area (Å²) in [5.74, 6) is 0. The molecule has 0 radical (unpaired) electrons. The maximum Gasteiger partial charge on any atom is 0.488 e. The van der Waals surface area contributed by atoms with E-state index in [2.05, 4.69) is 0 Å². The van der Waals surface area contributed by atoms with E-state index in [1.165, 1.54) is 18.2 Å². The van der Waals surface area contributed by atoms with Crippen molar-refractivity contribution in [2.75, 3.05) is 0 Å². The molecule has 4 N–H and O–H groups in total. The standard InChI is InChI=1S/C8H5BCl6O2.C8H5BF6O2/c2*10-7(11,12)4-1-5(8(13,14)15)3-6(2-4)9(16)17/h2*1-3,16-17H. The fourth-order valence-corrected chi connectivity index (χ4v) is 2.91. The zero-order valence-electron chi connectivity index (χ0n) is 15.9. The Kier molecular flexibility index (Phi) is 10.7. The van der Waals surface area contributed by atoms with E-state index in [0.717, 1.165) is 0 Å². The van der Waals surface area contributed by atoms with Crippen molar-refractivity contribution in [2.24, 2.45) is 0 Å². The quantitative estimate of drug-likeness (QED) is 0.230. The summed E-state index contributed by atoms with van der Waals surface area (Å²) in [7, 11) is -4.16. The molecule has 0 atom stereocenters. The first kappa shape index (κ1) is 31.8. The highest BCUT2D eigenvalue weighted by atomic mass is 35.6. The minimum absolute atomic E-state index is 0.0650. The van der Waals surface area contributed by atoms with Crippen molar-refractivity contribution in [3.63, 3.8) is 0 Å². The van der Waals surface area contributed by atoms with Gasteiger partial charge in [-0.25, -0.2) is 0 Å². The maximum atomic E-state index is 12.3. The summed E-state index contributed by atoms with van der Waals surface area (Å²) in [6.45, 7) is 0. The monoisotopic (exact) mass is 612 g/mol. The van der Waals surface area contributed by atoms with Crippen LogP contribution in [0.3, 0.4) is 0 Å². The van der Waals surface area contributed by atoms with E-state index < -0.39 is 50.8 Å².